The zero-order chi connectivity index (χ0) is 16.0. The molecule has 1 heterocycles. The number of nitrogens with zero attached hydrogens (tertiary/aromatic N) is 2. The zero-order valence-electron chi connectivity index (χ0n) is 10.7. The van der Waals surface area contributed by atoms with Crippen LogP contribution in [0.4, 0.5) is 15.8 Å². The van der Waals surface area contributed by atoms with E-state index >= 15 is 0 Å². The van der Waals surface area contributed by atoms with Crippen LogP contribution in [0.1, 0.15) is 20.7 Å². The van der Waals surface area contributed by atoms with Crippen molar-refractivity contribution in [2.75, 3.05) is 4.90 Å². The van der Waals surface area contributed by atoms with Crippen molar-refractivity contribution < 1.29 is 18.9 Å². The van der Waals surface area contributed by atoms with Crippen molar-refractivity contribution in [3.05, 3.63) is 67.9 Å². The standard InChI is InChI=1S/C14H6BrFN2O4/c15-9-5-6-10(16)12(18(21)22)11(9)17-13(19)7-3-1-2-4-8(7)14(17)20/h1-6H. The quantitative estimate of drug-likeness (QED) is 0.465. The fourth-order valence-corrected chi connectivity index (χ4v) is 2.81. The number of imide groups is 1. The largest absolute Gasteiger partial charge is 0.329 e. The Kier molecular flexibility index (Phi) is 3.25. The number of carbonyl (C=O) groups is 2. The van der Waals surface area contributed by atoms with Crippen molar-refractivity contribution in [1.82, 2.24) is 0 Å². The van der Waals surface area contributed by atoms with E-state index in [1.807, 2.05) is 0 Å². The van der Waals surface area contributed by atoms with E-state index < -0.39 is 33.9 Å². The highest BCUT2D eigenvalue weighted by Crippen LogP contribution is 2.41. The molecule has 0 unspecified atom stereocenters. The number of rotatable bonds is 2. The van der Waals surface area contributed by atoms with Crippen LogP contribution in [0.3, 0.4) is 0 Å². The Balaban J connectivity index is 2.27. The van der Waals surface area contributed by atoms with E-state index in [2.05, 4.69) is 15.9 Å². The molecule has 0 atom stereocenters. The van der Waals surface area contributed by atoms with Crippen LogP contribution in [0.5, 0.6) is 0 Å². The third kappa shape index (κ3) is 1.92. The zero-order valence-corrected chi connectivity index (χ0v) is 12.3. The highest BCUT2D eigenvalue weighted by molar-refractivity contribution is 9.10. The highest BCUT2D eigenvalue weighted by atomic mass is 79.9. The summed E-state index contributed by atoms with van der Waals surface area (Å²) in [7, 11) is 0. The van der Waals surface area contributed by atoms with Gasteiger partial charge in [0.2, 0.25) is 5.82 Å². The molecule has 0 spiro atoms. The van der Waals surface area contributed by atoms with Gasteiger partial charge in [0.25, 0.3) is 11.8 Å². The Labute approximate surface area is 131 Å². The van der Waals surface area contributed by atoms with Gasteiger partial charge < -0.3 is 0 Å². The molecule has 2 aromatic carbocycles. The van der Waals surface area contributed by atoms with Gasteiger partial charge in [-0.3, -0.25) is 19.7 Å². The SMILES string of the molecule is O=C1c2ccccc2C(=O)N1c1c(Br)ccc(F)c1[N+](=O)[O-]. The third-order valence-corrected chi connectivity index (χ3v) is 3.89. The van der Waals surface area contributed by atoms with E-state index in [0.29, 0.717) is 4.90 Å². The van der Waals surface area contributed by atoms with E-state index in [0.717, 1.165) is 6.07 Å². The Hall–Kier alpha value is -2.61. The lowest BCUT2D eigenvalue weighted by atomic mass is 10.1. The third-order valence-electron chi connectivity index (χ3n) is 3.25. The molecule has 1 aliphatic heterocycles. The molecular formula is C14H6BrFN2O4. The molecule has 22 heavy (non-hydrogen) atoms. The van der Waals surface area contributed by atoms with Crippen molar-refractivity contribution in [1.29, 1.82) is 0 Å². The summed E-state index contributed by atoms with van der Waals surface area (Å²) >= 11 is 3.04. The van der Waals surface area contributed by atoms with Gasteiger partial charge in [-0.25, -0.2) is 4.90 Å². The molecule has 0 aliphatic carbocycles. The van der Waals surface area contributed by atoms with E-state index in [9.17, 15) is 24.1 Å². The predicted molar refractivity (Wildman–Crippen MR) is 78.3 cm³/mol. The van der Waals surface area contributed by atoms with Gasteiger partial charge in [0.1, 0.15) is 5.69 Å². The van der Waals surface area contributed by atoms with Gasteiger partial charge in [0, 0.05) is 4.47 Å². The minimum atomic E-state index is -1.13. The number of benzene rings is 2. The normalized spacial score (nSPS) is 13.5. The van der Waals surface area contributed by atoms with Crippen molar-refractivity contribution in [3.63, 3.8) is 0 Å². The average molecular weight is 365 g/mol. The summed E-state index contributed by atoms with van der Waals surface area (Å²) in [5.41, 5.74) is -1.09. The van der Waals surface area contributed by atoms with Crippen LogP contribution in [0.2, 0.25) is 0 Å². The van der Waals surface area contributed by atoms with Crippen LogP contribution in [0.25, 0.3) is 0 Å². The molecule has 0 bridgehead atoms. The minimum absolute atomic E-state index is 0.0788. The van der Waals surface area contributed by atoms with E-state index in [1.54, 1.807) is 12.1 Å². The molecule has 0 fully saturated rings. The van der Waals surface area contributed by atoms with Gasteiger partial charge >= 0.3 is 5.69 Å². The van der Waals surface area contributed by atoms with Gasteiger partial charge in [0.05, 0.1) is 16.1 Å². The average Bonchev–Trinajstić information content (AvgIpc) is 2.73. The van der Waals surface area contributed by atoms with Crippen LogP contribution >= 0.6 is 15.9 Å². The maximum atomic E-state index is 13.8. The van der Waals surface area contributed by atoms with Gasteiger partial charge in [-0.2, -0.15) is 4.39 Å². The second-order valence-corrected chi connectivity index (χ2v) is 5.33. The molecule has 0 N–H and O–H groups in total. The Morgan fingerprint density at radius 2 is 1.59 bits per heavy atom. The summed E-state index contributed by atoms with van der Waals surface area (Å²) in [6, 6.07) is 8.12. The van der Waals surface area contributed by atoms with Gasteiger partial charge in [0.15, 0.2) is 0 Å². The first-order chi connectivity index (χ1) is 10.4. The van der Waals surface area contributed by atoms with Crippen LogP contribution in [0, 0.1) is 15.9 Å². The summed E-state index contributed by atoms with van der Waals surface area (Å²) < 4.78 is 13.9. The summed E-state index contributed by atoms with van der Waals surface area (Å²) in [5, 5.41) is 11.1. The summed E-state index contributed by atoms with van der Waals surface area (Å²) in [4.78, 5) is 35.6. The summed E-state index contributed by atoms with van der Waals surface area (Å²) in [5.74, 6) is -2.58. The molecular weight excluding hydrogens is 359 g/mol. The van der Waals surface area contributed by atoms with Crippen LogP contribution in [-0.2, 0) is 0 Å². The molecule has 6 nitrogen and oxygen atoms in total. The molecule has 110 valence electrons. The smallest absolute Gasteiger partial charge is 0.268 e. The van der Waals surface area contributed by atoms with Crippen LogP contribution in [-0.4, -0.2) is 16.7 Å². The topological polar surface area (TPSA) is 80.5 Å². The molecule has 1 aliphatic rings. The highest BCUT2D eigenvalue weighted by Gasteiger charge is 2.41. The Morgan fingerprint density at radius 3 is 2.09 bits per heavy atom. The van der Waals surface area contributed by atoms with E-state index in [4.69, 9.17) is 0 Å². The second kappa shape index (κ2) is 4.99. The molecule has 8 heteroatoms. The first kappa shape index (κ1) is 14.3. The fourth-order valence-electron chi connectivity index (χ4n) is 2.31. The first-order valence-electron chi connectivity index (χ1n) is 6.03. The molecule has 0 saturated carbocycles. The van der Waals surface area contributed by atoms with Gasteiger partial charge in [-0.05, 0) is 40.2 Å². The molecule has 0 aromatic heterocycles. The number of nitro groups is 1. The van der Waals surface area contributed by atoms with Gasteiger partial charge in [-0.15, -0.1) is 0 Å². The summed E-state index contributed by atoms with van der Waals surface area (Å²) in [6.45, 7) is 0. The predicted octanol–water partition coefficient (Wildman–Crippen LogP) is 3.30. The maximum absolute atomic E-state index is 13.8. The summed E-state index contributed by atoms with van der Waals surface area (Å²) in [6.07, 6.45) is 0. The van der Waals surface area contributed by atoms with Crippen molar-refractivity contribution in [2.24, 2.45) is 0 Å². The first-order valence-corrected chi connectivity index (χ1v) is 6.83. The number of nitro benzene ring substituents is 1. The Bertz CT molecular complexity index is 818. The van der Waals surface area contributed by atoms with Gasteiger partial charge in [-0.1, -0.05) is 12.1 Å². The van der Waals surface area contributed by atoms with Crippen LogP contribution in [0.15, 0.2) is 40.9 Å². The fraction of sp³-hybridized carbons (Fsp3) is 0. The number of anilines is 1. The number of fused-ring (bicyclic) bond motifs is 1. The number of amides is 2. The van der Waals surface area contributed by atoms with Crippen molar-refractivity contribution in [2.45, 2.75) is 0 Å². The van der Waals surface area contributed by atoms with E-state index in [1.165, 1.54) is 18.2 Å². The Morgan fingerprint density at radius 1 is 1.05 bits per heavy atom. The molecule has 0 radical (unpaired) electrons. The molecule has 0 saturated heterocycles. The number of hydrogen-bond donors (Lipinski definition) is 0. The van der Waals surface area contributed by atoms with Crippen LogP contribution < -0.4 is 4.90 Å². The second-order valence-electron chi connectivity index (χ2n) is 4.47. The maximum Gasteiger partial charge on any atom is 0.329 e. The lowest BCUT2D eigenvalue weighted by Gasteiger charge is -2.15. The number of carbonyl (C=O) groups excluding carboxylic acids is 2. The molecule has 2 amide bonds. The number of halogens is 2. The molecule has 3 rings (SSSR count). The number of hydrogen-bond acceptors (Lipinski definition) is 4. The van der Waals surface area contributed by atoms with E-state index in [-0.39, 0.29) is 15.6 Å². The minimum Gasteiger partial charge on any atom is -0.268 e. The monoisotopic (exact) mass is 364 g/mol. The lowest BCUT2D eigenvalue weighted by molar-refractivity contribution is -0.386. The van der Waals surface area contributed by atoms with Crippen molar-refractivity contribution in [3.8, 4) is 0 Å². The molecule has 2 aromatic rings. The lowest BCUT2D eigenvalue weighted by Crippen LogP contribution is -2.30. The van der Waals surface area contributed by atoms with Crippen molar-refractivity contribution >= 4 is 39.1 Å².